The second-order valence-electron chi connectivity index (χ2n) is 4.45. The van der Waals surface area contributed by atoms with Gasteiger partial charge in [-0.2, -0.15) is 5.26 Å². The predicted molar refractivity (Wildman–Crippen MR) is 75.2 cm³/mol. The second kappa shape index (κ2) is 5.29. The maximum atomic E-state index is 11.9. The van der Waals surface area contributed by atoms with Crippen molar-refractivity contribution in [3.05, 3.63) is 41.4 Å². The predicted octanol–water partition coefficient (Wildman–Crippen LogP) is 2.10. The third-order valence-corrected chi connectivity index (χ3v) is 3.56. The Bertz CT molecular complexity index is 601. The Morgan fingerprint density at radius 3 is 2.84 bits per heavy atom. The fourth-order valence-electron chi connectivity index (χ4n) is 2.42. The Morgan fingerprint density at radius 2 is 2.32 bits per heavy atom. The van der Waals surface area contributed by atoms with Gasteiger partial charge < -0.3 is 5.32 Å². The van der Waals surface area contributed by atoms with E-state index in [4.69, 9.17) is 12.2 Å². The molecule has 1 aromatic rings. The number of Topliss-reactive ketones (excluding diaryl/α,β-unsaturated/α-hetero) is 1. The molecule has 5 heteroatoms. The summed E-state index contributed by atoms with van der Waals surface area (Å²) in [7, 11) is 0. The SMILES string of the molecule is CC(=O)C1=C(C)NC(=S)[C@@H](C#N)[C@@H]1c1cccnc1. The smallest absolute Gasteiger partial charge is 0.158 e. The molecule has 0 fully saturated rings. The van der Waals surface area contributed by atoms with Crippen molar-refractivity contribution in [2.24, 2.45) is 5.92 Å². The maximum absolute atomic E-state index is 11.9. The molecular formula is C14H13N3OS. The third kappa shape index (κ3) is 2.40. The van der Waals surface area contributed by atoms with Crippen LogP contribution in [0.2, 0.25) is 0 Å². The number of thiocarbonyl (C=S) groups is 1. The number of carbonyl (C=O) groups is 1. The van der Waals surface area contributed by atoms with Gasteiger partial charge in [-0.15, -0.1) is 0 Å². The number of allylic oxidation sites excluding steroid dienone is 2. The standard InChI is InChI=1S/C14H13N3OS/c1-8-12(9(2)18)13(10-4-3-5-16-7-10)11(6-15)14(19)17-8/h3-5,7,11,13H,1-2H3,(H,17,19)/t11-,13-/m0/s1. The summed E-state index contributed by atoms with van der Waals surface area (Å²) in [5.41, 5.74) is 2.16. The molecule has 1 N–H and O–H groups in total. The molecule has 2 rings (SSSR count). The fourth-order valence-corrected chi connectivity index (χ4v) is 2.76. The molecule has 1 aromatic heterocycles. The number of hydrogen-bond donors (Lipinski definition) is 1. The van der Waals surface area contributed by atoms with Gasteiger partial charge in [0.1, 0.15) is 5.92 Å². The van der Waals surface area contributed by atoms with E-state index < -0.39 is 5.92 Å². The van der Waals surface area contributed by atoms with Crippen LogP contribution in [0.4, 0.5) is 0 Å². The van der Waals surface area contributed by atoms with E-state index in [9.17, 15) is 10.1 Å². The Balaban J connectivity index is 2.62. The zero-order valence-corrected chi connectivity index (χ0v) is 11.5. The molecule has 0 radical (unpaired) electrons. The highest BCUT2D eigenvalue weighted by atomic mass is 32.1. The molecule has 0 saturated carbocycles. The first-order valence-electron chi connectivity index (χ1n) is 5.88. The van der Waals surface area contributed by atoms with Gasteiger partial charge in [0.25, 0.3) is 0 Å². The number of rotatable bonds is 2. The normalized spacial score (nSPS) is 22.7. The molecule has 96 valence electrons. The molecule has 1 aliphatic rings. The molecule has 19 heavy (non-hydrogen) atoms. The summed E-state index contributed by atoms with van der Waals surface area (Å²) < 4.78 is 0. The summed E-state index contributed by atoms with van der Waals surface area (Å²) in [6, 6.07) is 5.85. The van der Waals surface area contributed by atoms with Crippen molar-refractivity contribution >= 4 is 23.0 Å². The average molecular weight is 271 g/mol. The van der Waals surface area contributed by atoms with Crippen molar-refractivity contribution in [1.82, 2.24) is 10.3 Å². The summed E-state index contributed by atoms with van der Waals surface area (Å²) in [5.74, 6) is -0.937. The van der Waals surface area contributed by atoms with Crippen LogP contribution in [0.3, 0.4) is 0 Å². The van der Waals surface area contributed by atoms with Crippen LogP contribution in [-0.2, 0) is 4.79 Å². The van der Waals surface area contributed by atoms with Gasteiger partial charge in [-0.05, 0) is 25.5 Å². The third-order valence-electron chi connectivity index (χ3n) is 3.20. The maximum Gasteiger partial charge on any atom is 0.158 e. The molecule has 0 amide bonds. The summed E-state index contributed by atoms with van der Waals surface area (Å²) in [5, 5.41) is 12.3. The van der Waals surface area contributed by atoms with Crippen LogP contribution in [0, 0.1) is 17.2 Å². The number of nitrogens with zero attached hydrogens (tertiary/aromatic N) is 2. The lowest BCUT2D eigenvalue weighted by Crippen LogP contribution is -2.39. The summed E-state index contributed by atoms with van der Waals surface area (Å²) in [6.07, 6.45) is 3.34. The van der Waals surface area contributed by atoms with Gasteiger partial charge in [0.15, 0.2) is 5.78 Å². The minimum Gasteiger partial charge on any atom is -0.352 e. The molecule has 4 nitrogen and oxygen atoms in total. The van der Waals surface area contributed by atoms with Crippen LogP contribution < -0.4 is 5.32 Å². The summed E-state index contributed by atoms with van der Waals surface area (Å²) >= 11 is 5.22. The van der Waals surface area contributed by atoms with Crippen LogP contribution >= 0.6 is 12.2 Å². The van der Waals surface area contributed by atoms with Crippen LogP contribution in [-0.4, -0.2) is 15.8 Å². The lowest BCUT2D eigenvalue weighted by molar-refractivity contribution is -0.114. The van der Waals surface area contributed by atoms with Gasteiger partial charge in [0.05, 0.1) is 11.1 Å². The van der Waals surface area contributed by atoms with Gasteiger partial charge in [0, 0.05) is 29.6 Å². The summed E-state index contributed by atoms with van der Waals surface area (Å²) in [4.78, 5) is 16.4. The first-order valence-corrected chi connectivity index (χ1v) is 6.29. The van der Waals surface area contributed by atoms with E-state index >= 15 is 0 Å². The Kier molecular flexibility index (Phi) is 3.72. The van der Waals surface area contributed by atoms with Crippen molar-refractivity contribution in [2.75, 3.05) is 0 Å². The lowest BCUT2D eigenvalue weighted by atomic mass is 9.77. The molecule has 1 aliphatic heterocycles. The fraction of sp³-hybridized carbons (Fsp3) is 0.286. The molecule has 2 heterocycles. The number of ketones is 1. The minimum atomic E-state index is -0.540. The largest absolute Gasteiger partial charge is 0.352 e. The minimum absolute atomic E-state index is 0.0541. The Hall–Kier alpha value is -2.06. The zero-order chi connectivity index (χ0) is 14.0. The first-order chi connectivity index (χ1) is 9.06. The van der Waals surface area contributed by atoms with Crippen LogP contribution in [0.5, 0.6) is 0 Å². The number of hydrogen-bond acceptors (Lipinski definition) is 4. The molecule has 0 bridgehead atoms. The van der Waals surface area contributed by atoms with E-state index in [2.05, 4.69) is 16.4 Å². The van der Waals surface area contributed by atoms with Gasteiger partial charge in [-0.3, -0.25) is 9.78 Å². The molecule has 0 unspecified atom stereocenters. The number of aromatic nitrogens is 1. The average Bonchev–Trinajstić information content (AvgIpc) is 2.38. The quantitative estimate of drug-likeness (QED) is 0.834. The number of nitriles is 1. The van der Waals surface area contributed by atoms with E-state index in [-0.39, 0.29) is 11.7 Å². The van der Waals surface area contributed by atoms with Crippen molar-refractivity contribution in [1.29, 1.82) is 5.26 Å². The van der Waals surface area contributed by atoms with E-state index in [0.717, 1.165) is 11.3 Å². The van der Waals surface area contributed by atoms with E-state index in [1.807, 2.05) is 6.07 Å². The highest BCUT2D eigenvalue weighted by Crippen LogP contribution is 2.37. The molecule has 0 saturated heterocycles. The topological polar surface area (TPSA) is 65.8 Å². The molecular weight excluding hydrogens is 258 g/mol. The molecule has 0 spiro atoms. The molecule has 2 atom stereocenters. The van der Waals surface area contributed by atoms with Gasteiger partial charge in [-0.1, -0.05) is 18.3 Å². The van der Waals surface area contributed by atoms with Crippen molar-refractivity contribution < 1.29 is 4.79 Å². The monoisotopic (exact) mass is 271 g/mol. The number of nitrogens with one attached hydrogen (secondary N) is 1. The van der Waals surface area contributed by atoms with Crippen LogP contribution in [0.1, 0.15) is 25.3 Å². The van der Waals surface area contributed by atoms with Gasteiger partial charge in [-0.25, -0.2) is 0 Å². The Labute approximate surface area is 117 Å². The first kappa shape index (κ1) is 13.4. The van der Waals surface area contributed by atoms with E-state index in [1.54, 1.807) is 25.4 Å². The summed E-state index contributed by atoms with van der Waals surface area (Å²) in [6.45, 7) is 3.31. The van der Waals surface area contributed by atoms with E-state index in [0.29, 0.717) is 10.6 Å². The lowest BCUT2D eigenvalue weighted by Gasteiger charge is -2.31. The van der Waals surface area contributed by atoms with E-state index in [1.165, 1.54) is 6.92 Å². The van der Waals surface area contributed by atoms with Gasteiger partial charge >= 0.3 is 0 Å². The van der Waals surface area contributed by atoms with Crippen molar-refractivity contribution in [3.8, 4) is 6.07 Å². The molecule has 0 aromatic carbocycles. The number of carbonyl (C=O) groups excluding carboxylic acids is 1. The van der Waals surface area contributed by atoms with Gasteiger partial charge in [0.2, 0.25) is 0 Å². The highest BCUT2D eigenvalue weighted by Gasteiger charge is 2.37. The van der Waals surface area contributed by atoms with Crippen LogP contribution in [0.15, 0.2) is 35.8 Å². The van der Waals surface area contributed by atoms with Crippen molar-refractivity contribution in [2.45, 2.75) is 19.8 Å². The number of pyridine rings is 1. The molecule has 0 aliphatic carbocycles. The Morgan fingerprint density at radius 1 is 1.58 bits per heavy atom. The zero-order valence-electron chi connectivity index (χ0n) is 10.7. The van der Waals surface area contributed by atoms with Crippen molar-refractivity contribution in [3.63, 3.8) is 0 Å². The van der Waals surface area contributed by atoms with Crippen LogP contribution in [0.25, 0.3) is 0 Å². The highest BCUT2D eigenvalue weighted by molar-refractivity contribution is 7.80. The second-order valence-corrected chi connectivity index (χ2v) is 4.89.